The molecule has 0 radical (unpaired) electrons. The van der Waals surface area contributed by atoms with Crippen LogP contribution < -0.4 is 5.32 Å². The largest absolute Gasteiger partial charge is 0.310 e. The summed E-state index contributed by atoms with van der Waals surface area (Å²) in [6, 6.07) is 5.68. The molecule has 0 saturated carbocycles. The fraction of sp³-hybridized carbons (Fsp3) is 0.667. The van der Waals surface area contributed by atoms with Crippen molar-refractivity contribution in [3.63, 3.8) is 0 Å². The molecule has 1 atom stereocenters. The number of hydrogen-bond donors (Lipinski definition) is 1. The lowest BCUT2D eigenvalue weighted by atomic mass is 9.99. The van der Waals surface area contributed by atoms with Crippen molar-refractivity contribution in [2.24, 2.45) is 5.92 Å². The Hall–Kier alpha value is -0.930. The predicted molar refractivity (Wildman–Crippen MR) is 84.9 cm³/mol. The Morgan fingerprint density at radius 3 is 2.86 bits per heavy atom. The monoisotopic (exact) mass is 290 g/mol. The third-order valence-electron chi connectivity index (χ3n) is 5.10. The maximum atomic E-state index is 13.2. The van der Waals surface area contributed by atoms with Crippen molar-refractivity contribution in [3.8, 4) is 0 Å². The fourth-order valence-electron chi connectivity index (χ4n) is 3.66. The highest BCUT2D eigenvalue weighted by Gasteiger charge is 2.22. The number of halogens is 1. The standard InChI is InChI=1S/C18H27FN2/c1-14-7-11-21(12-8-14)10-2-9-20-18-6-3-15-13-16(19)4-5-17(15)18/h4-5,13-14,18,20H,2-3,6-12H2,1H3. The van der Waals surface area contributed by atoms with Crippen LogP contribution in [0.3, 0.4) is 0 Å². The number of nitrogens with one attached hydrogen (secondary N) is 1. The van der Waals surface area contributed by atoms with Gasteiger partial charge in [-0.2, -0.15) is 0 Å². The van der Waals surface area contributed by atoms with Gasteiger partial charge in [-0.1, -0.05) is 13.0 Å². The molecule has 1 aliphatic heterocycles. The van der Waals surface area contributed by atoms with Crippen molar-refractivity contribution in [1.29, 1.82) is 0 Å². The summed E-state index contributed by atoms with van der Waals surface area (Å²) in [6.45, 7) is 7.18. The summed E-state index contributed by atoms with van der Waals surface area (Å²) in [5, 5.41) is 3.66. The highest BCUT2D eigenvalue weighted by Crippen LogP contribution is 2.31. The summed E-state index contributed by atoms with van der Waals surface area (Å²) < 4.78 is 13.2. The van der Waals surface area contributed by atoms with Crippen LogP contribution in [0.2, 0.25) is 0 Å². The molecule has 0 bridgehead atoms. The minimum atomic E-state index is -0.103. The molecule has 1 N–H and O–H groups in total. The Morgan fingerprint density at radius 2 is 2.05 bits per heavy atom. The van der Waals surface area contributed by atoms with Gasteiger partial charge in [-0.3, -0.25) is 0 Å². The van der Waals surface area contributed by atoms with Gasteiger partial charge in [0.15, 0.2) is 0 Å². The molecular weight excluding hydrogens is 263 g/mol. The van der Waals surface area contributed by atoms with Gasteiger partial charge in [0.05, 0.1) is 0 Å². The molecule has 2 aliphatic rings. The summed E-state index contributed by atoms with van der Waals surface area (Å²) in [4.78, 5) is 2.60. The maximum absolute atomic E-state index is 13.2. The first-order chi connectivity index (χ1) is 10.2. The molecule has 1 fully saturated rings. The van der Waals surface area contributed by atoms with E-state index in [9.17, 15) is 4.39 Å². The number of fused-ring (bicyclic) bond motifs is 1. The third-order valence-corrected chi connectivity index (χ3v) is 5.10. The summed E-state index contributed by atoms with van der Waals surface area (Å²) in [7, 11) is 0. The summed E-state index contributed by atoms with van der Waals surface area (Å²) in [5.41, 5.74) is 2.50. The zero-order valence-corrected chi connectivity index (χ0v) is 13.1. The van der Waals surface area contributed by atoms with Crippen molar-refractivity contribution < 1.29 is 4.39 Å². The first-order valence-corrected chi connectivity index (χ1v) is 8.46. The minimum absolute atomic E-state index is 0.103. The quantitative estimate of drug-likeness (QED) is 0.835. The molecule has 1 heterocycles. The van der Waals surface area contributed by atoms with Crippen LogP contribution >= 0.6 is 0 Å². The number of likely N-dealkylation sites (tertiary alicyclic amines) is 1. The zero-order chi connectivity index (χ0) is 14.7. The lowest BCUT2D eigenvalue weighted by Crippen LogP contribution is -2.35. The van der Waals surface area contributed by atoms with Crippen LogP contribution in [0, 0.1) is 11.7 Å². The van der Waals surface area contributed by atoms with Gasteiger partial charge in [0.2, 0.25) is 0 Å². The van der Waals surface area contributed by atoms with Gasteiger partial charge in [-0.25, -0.2) is 4.39 Å². The van der Waals surface area contributed by atoms with Crippen molar-refractivity contribution in [1.82, 2.24) is 10.2 Å². The SMILES string of the molecule is CC1CCN(CCCNC2CCc3cc(F)ccc32)CC1. The van der Waals surface area contributed by atoms with Gasteiger partial charge in [0.25, 0.3) is 0 Å². The molecule has 1 aromatic rings. The van der Waals surface area contributed by atoms with Crippen molar-refractivity contribution >= 4 is 0 Å². The van der Waals surface area contributed by atoms with Crippen LogP contribution in [-0.4, -0.2) is 31.1 Å². The number of piperidine rings is 1. The number of aryl methyl sites for hydroxylation is 1. The Kier molecular flexibility index (Phi) is 4.91. The van der Waals surface area contributed by atoms with E-state index in [1.807, 2.05) is 6.07 Å². The second-order valence-corrected chi connectivity index (χ2v) is 6.77. The average molecular weight is 290 g/mol. The van der Waals surface area contributed by atoms with E-state index in [1.54, 1.807) is 12.1 Å². The highest BCUT2D eigenvalue weighted by atomic mass is 19.1. The van der Waals surface area contributed by atoms with Crippen LogP contribution in [0.25, 0.3) is 0 Å². The lowest BCUT2D eigenvalue weighted by molar-refractivity contribution is 0.190. The number of nitrogens with zero attached hydrogens (tertiary/aromatic N) is 1. The van der Waals surface area contributed by atoms with Crippen LogP contribution in [0.1, 0.15) is 49.8 Å². The van der Waals surface area contributed by atoms with Crippen molar-refractivity contribution in [2.45, 2.75) is 45.1 Å². The van der Waals surface area contributed by atoms with E-state index in [0.717, 1.165) is 25.3 Å². The number of benzene rings is 1. The van der Waals surface area contributed by atoms with Gasteiger partial charge in [0.1, 0.15) is 5.82 Å². The molecule has 1 unspecified atom stereocenters. The Labute approximate surface area is 127 Å². The predicted octanol–water partition coefficient (Wildman–Crippen LogP) is 3.52. The number of hydrogen-bond acceptors (Lipinski definition) is 2. The molecule has 116 valence electrons. The topological polar surface area (TPSA) is 15.3 Å². The van der Waals surface area contributed by atoms with Crippen LogP contribution in [-0.2, 0) is 6.42 Å². The van der Waals surface area contributed by atoms with E-state index in [1.165, 1.54) is 50.0 Å². The van der Waals surface area contributed by atoms with E-state index >= 15 is 0 Å². The first kappa shape index (κ1) is 15.0. The molecule has 21 heavy (non-hydrogen) atoms. The Balaban J connectivity index is 1.39. The summed E-state index contributed by atoms with van der Waals surface area (Å²) >= 11 is 0. The molecule has 0 amide bonds. The van der Waals surface area contributed by atoms with Crippen molar-refractivity contribution in [3.05, 3.63) is 35.1 Å². The van der Waals surface area contributed by atoms with E-state index in [2.05, 4.69) is 17.1 Å². The molecule has 1 aromatic carbocycles. The highest BCUT2D eigenvalue weighted by molar-refractivity contribution is 5.34. The van der Waals surface area contributed by atoms with Gasteiger partial charge < -0.3 is 10.2 Å². The van der Waals surface area contributed by atoms with Crippen molar-refractivity contribution in [2.75, 3.05) is 26.2 Å². The molecule has 0 aromatic heterocycles. The molecule has 3 heteroatoms. The molecule has 1 aliphatic carbocycles. The maximum Gasteiger partial charge on any atom is 0.123 e. The third kappa shape index (κ3) is 3.83. The smallest absolute Gasteiger partial charge is 0.123 e. The second kappa shape index (κ2) is 6.89. The zero-order valence-electron chi connectivity index (χ0n) is 13.1. The van der Waals surface area contributed by atoms with Gasteiger partial charge >= 0.3 is 0 Å². The Morgan fingerprint density at radius 1 is 1.24 bits per heavy atom. The average Bonchev–Trinajstić information content (AvgIpc) is 2.87. The minimum Gasteiger partial charge on any atom is -0.310 e. The van der Waals surface area contributed by atoms with Gasteiger partial charge in [-0.05, 0) is 87.5 Å². The first-order valence-electron chi connectivity index (χ1n) is 8.46. The lowest BCUT2D eigenvalue weighted by Gasteiger charge is -2.30. The normalized spacial score (nSPS) is 23.4. The van der Waals surface area contributed by atoms with E-state index in [0.29, 0.717) is 6.04 Å². The molecule has 1 saturated heterocycles. The summed E-state index contributed by atoms with van der Waals surface area (Å²) in [6.07, 6.45) is 6.04. The van der Waals surface area contributed by atoms with E-state index in [4.69, 9.17) is 0 Å². The van der Waals surface area contributed by atoms with Crippen LogP contribution in [0.4, 0.5) is 4.39 Å². The van der Waals surface area contributed by atoms with Crippen LogP contribution in [0.15, 0.2) is 18.2 Å². The molecule has 0 spiro atoms. The second-order valence-electron chi connectivity index (χ2n) is 6.77. The van der Waals surface area contributed by atoms with Gasteiger partial charge in [0, 0.05) is 6.04 Å². The molecule has 2 nitrogen and oxygen atoms in total. The number of rotatable bonds is 5. The van der Waals surface area contributed by atoms with E-state index in [-0.39, 0.29) is 5.82 Å². The molecular formula is C18H27FN2. The van der Waals surface area contributed by atoms with Crippen LogP contribution in [0.5, 0.6) is 0 Å². The Bertz CT molecular complexity index is 466. The van der Waals surface area contributed by atoms with Gasteiger partial charge in [-0.15, -0.1) is 0 Å². The fourth-order valence-corrected chi connectivity index (χ4v) is 3.66. The summed E-state index contributed by atoms with van der Waals surface area (Å²) in [5.74, 6) is 0.809. The van der Waals surface area contributed by atoms with E-state index < -0.39 is 0 Å². The molecule has 3 rings (SSSR count).